The highest BCUT2D eigenvalue weighted by atomic mass is 32.1. The molecule has 0 aliphatic heterocycles. The van der Waals surface area contributed by atoms with Crippen LogP contribution in [0.25, 0.3) is 0 Å². The summed E-state index contributed by atoms with van der Waals surface area (Å²) in [5.74, 6) is -1.05. The summed E-state index contributed by atoms with van der Waals surface area (Å²) in [4.78, 5) is 35.8. The monoisotopic (exact) mass is 345 g/mol. The molecular weight excluding hydrogens is 326 g/mol. The molecule has 0 fully saturated rings. The molecule has 0 aliphatic rings. The second-order valence-electron chi connectivity index (χ2n) is 5.30. The van der Waals surface area contributed by atoms with Gasteiger partial charge in [-0.1, -0.05) is 23.8 Å². The zero-order chi connectivity index (χ0) is 17.5. The molecule has 0 atom stereocenters. The summed E-state index contributed by atoms with van der Waals surface area (Å²) in [6.45, 7) is 3.55. The van der Waals surface area contributed by atoms with Crippen LogP contribution in [0, 0.1) is 13.8 Å². The zero-order valence-corrected chi connectivity index (χ0v) is 14.3. The predicted molar refractivity (Wildman–Crippen MR) is 94.2 cm³/mol. The Morgan fingerprint density at radius 2 is 1.75 bits per heavy atom. The van der Waals surface area contributed by atoms with Crippen LogP contribution >= 0.6 is 11.3 Å². The van der Waals surface area contributed by atoms with E-state index >= 15 is 0 Å². The van der Waals surface area contributed by atoms with Crippen molar-refractivity contribution in [2.75, 3.05) is 18.4 Å². The van der Waals surface area contributed by atoms with Gasteiger partial charge in [-0.15, -0.1) is 11.3 Å². The van der Waals surface area contributed by atoms with Crippen LogP contribution in [0.2, 0.25) is 0 Å². The van der Waals surface area contributed by atoms with E-state index in [2.05, 4.69) is 16.0 Å². The zero-order valence-electron chi connectivity index (χ0n) is 13.5. The molecule has 0 unspecified atom stereocenters. The van der Waals surface area contributed by atoms with Gasteiger partial charge in [-0.25, -0.2) is 0 Å². The molecule has 3 N–H and O–H groups in total. The van der Waals surface area contributed by atoms with E-state index in [1.807, 2.05) is 32.0 Å². The molecule has 1 aromatic heterocycles. The number of hydrogen-bond acceptors (Lipinski definition) is 4. The molecule has 6 nitrogen and oxygen atoms in total. The van der Waals surface area contributed by atoms with Gasteiger partial charge in [-0.05, 0) is 36.9 Å². The Kier molecular flexibility index (Phi) is 6.08. The van der Waals surface area contributed by atoms with Gasteiger partial charge in [0.25, 0.3) is 5.91 Å². The quantitative estimate of drug-likeness (QED) is 0.747. The highest BCUT2D eigenvalue weighted by molar-refractivity contribution is 7.12. The molecular formula is C17H19N3O3S. The fourth-order valence-electron chi connectivity index (χ4n) is 2.05. The third-order valence-electron chi connectivity index (χ3n) is 3.26. The molecule has 1 heterocycles. The Morgan fingerprint density at radius 1 is 1.00 bits per heavy atom. The minimum absolute atomic E-state index is 0.152. The van der Waals surface area contributed by atoms with Crippen LogP contribution in [0.5, 0.6) is 0 Å². The first-order chi connectivity index (χ1) is 11.5. The number of nitrogens with one attached hydrogen (secondary N) is 3. The second kappa shape index (κ2) is 8.26. The summed E-state index contributed by atoms with van der Waals surface area (Å²) >= 11 is 1.30. The number of hydrogen-bond donors (Lipinski definition) is 3. The Balaban J connectivity index is 1.73. The summed E-state index contributed by atoms with van der Waals surface area (Å²) < 4.78 is 0. The summed E-state index contributed by atoms with van der Waals surface area (Å²) in [6.07, 6.45) is 0. The van der Waals surface area contributed by atoms with E-state index in [4.69, 9.17) is 0 Å². The molecule has 0 radical (unpaired) electrons. The lowest BCUT2D eigenvalue weighted by molar-refractivity contribution is -0.123. The van der Waals surface area contributed by atoms with E-state index < -0.39 is 5.91 Å². The molecule has 24 heavy (non-hydrogen) atoms. The molecule has 0 saturated carbocycles. The number of carbonyl (C=O) groups excluding carboxylic acids is 3. The van der Waals surface area contributed by atoms with Gasteiger partial charge in [0.1, 0.15) is 0 Å². The van der Waals surface area contributed by atoms with Gasteiger partial charge in [0.2, 0.25) is 11.8 Å². The Bertz CT molecular complexity index is 742. The van der Waals surface area contributed by atoms with E-state index in [0.717, 1.165) is 11.1 Å². The first-order valence-corrected chi connectivity index (χ1v) is 8.29. The smallest absolute Gasteiger partial charge is 0.261 e. The Hall–Kier alpha value is -2.67. The topological polar surface area (TPSA) is 87.3 Å². The van der Waals surface area contributed by atoms with Crippen molar-refractivity contribution in [1.82, 2.24) is 10.6 Å². The van der Waals surface area contributed by atoms with E-state index in [9.17, 15) is 14.4 Å². The molecule has 0 spiro atoms. The van der Waals surface area contributed by atoms with E-state index in [-0.39, 0.29) is 24.9 Å². The minimum atomic E-state index is -0.421. The second-order valence-corrected chi connectivity index (χ2v) is 6.25. The molecule has 7 heteroatoms. The van der Waals surface area contributed by atoms with Crippen molar-refractivity contribution in [3.05, 3.63) is 51.7 Å². The third kappa shape index (κ3) is 5.20. The molecule has 0 bridgehead atoms. The molecule has 126 valence electrons. The lowest BCUT2D eigenvalue weighted by Crippen LogP contribution is -2.40. The van der Waals surface area contributed by atoms with Crippen molar-refractivity contribution < 1.29 is 14.4 Å². The average Bonchev–Trinajstić information content (AvgIpc) is 3.08. The van der Waals surface area contributed by atoms with Crippen molar-refractivity contribution in [1.29, 1.82) is 0 Å². The number of amides is 3. The van der Waals surface area contributed by atoms with Gasteiger partial charge >= 0.3 is 0 Å². The third-order valence-corrected chi connectivity index (χ3v) is 4.13. The fraction of sp³-hybridized carbons (Fsp3) is 0.235. The number of rotatable bonds is 6. The molecule has 1 aromatic carbocycles. The van der Waals surface area contributed by atoms with E-state index in [1.165, 1.54) is 11.3 Å². The minimum Gasteiger partial charge on any atom is -0.345 e. The maximum Gasteiger partial charge on any atom is 0.261 e. The standard InChI is InChI=1S/C17H19N3O3S/c1-11-5-6-13(12(2)8-11)20-16(22)10-18-15(21)9-19-17(23)14-4-3-7-24-14/h3-8H,9-10H2,1-2H3,(H,18,21)(H,19,23)(H,20,22). The number of aryl methyl sites for hydroxylation is 2. The predicted octanol–water partition coefficient (Wildman–Crippen LogP) is 1.85. The maximum absolute atomic E-state index is 11.9. The molecule has 0 saturated heterocycles. The van der Waals surface area contributed by atoms with Crippen molar-refractivity contribution in [3.8, 4) is 0 Å². The summed E-state index contributed by atoms with van der Waals surface area (Å²) in [6, 6.07) is 9.13. The van der Waals surface area contributed by atoms with Crippen LogP contribution in [0.1, 0.15) is 20.8 Å². The van der Waals surface area contributed by atoms with E-state index in [0.29, 0.717) is 10.6 Å². The van der Waals surface area contributed by atoms with Crippen molar-refractivity contribution in [2.45, 2.75) is 13.8 Å². The van der Waals surface area contributed by atoms with Crippen molar-refractivity contribution >= 4 is 34.7 Å². The van der Waals surface area contributed by atoms with Crippen LogP contribution in [-0.2, 0) is 9.59 Å². The summed E-state index contributed by atoms with van der Waals surface area (Å²) in [5, 5.41) is 9.50. The fourth-order valence-corrected chi connectivity index (χ4v) is 2.69. The van der Waals surface area contributed by atoms with Crippen LogP contribution in [0.3, 0.4) is 0 Å². The number of benzene rings is 1. The van der Waals surface area contributed by atoms with Crippen molar-refractivity contribution in [3.63, 3.8) is 0 Å². The number of carbonyl (C=O) groups is 3. The summed E-state index contributed by atoms with van der Waals surface area (Å²) in [5.41, 5.74) is 2.78. The van der Waals surface area contributed by atoms with Gasteiger partial charge in [0.05, 0.1) is 18.0 Å². The van der Waals surface area contributed by atoms with Crippen LogP contribution in [-0.4, -0.2) is 30.8 Å². The van der Waals surface area contributed by atoms with Gasteiger partial charge in [0.15, 0.2) is 0 Å². The van der Waals surface area contributed by atoms with Crippen molar-refractivity contribution in [2.24, 2.45) is 0 Å². The molecule has 2 aromatic rings. The van der Waals surface area contributed by atoms with Gasteiger partial charge < -0.3 is 16.0 Å². The first-order valence-electron chi connectivity index (χ1n) is 7.41. The highest BCUT2D eigenvalue weighted by Crippen LogP contribution is 2.15. The normalized spacial score (nSPS) is 10.1. The molecule has 3 amide bonds. The first kappa shape index (κ1) is 17.7. The maximum atomic E-state index is 11.9. The Morgan fingerprint density at radius 3 is 2.42 bits per heavy atom. The number of thiophene rings is 1. The van der Waals surface area contributed by atoms with Gasteiger partial charge in [-0.2, -0.15) is 0 Å². The lowest BCUT2D eigenvalue weighted by Gasteiger charge is -2.10. The Labute approximate surface area is 144 Å². The van der Waals surface area contributed by atoms with E-state index in [1.54, 1.807) is 17.5 Å². The largest absolute Gasteiger partial charge is 0.345 e. The lowest BCUT2D eigenvalue weighted by atomic mass is 10.1. The van der Waals surface area contributed by atoms with Crippen LogP contribution < -0.4 is 16.0 Å². The number of anilines is 1. The van der Waals surface area contributed by atoms with Gasteiger partial charge in [0, 0.05) is 5.69 Å². The van der Waals surface area contributed by atoms with Gasteiger partial charge in [-0.3, -0.25) is 14.4 Å². The average molecular weight is 345 g/mol. The molecule has 2 rings (SSSR count). The highest BCUT2D eigenvalue weighted by Gasteiger charge is 2.10. The van der Waals surface area contributed by atoms with Crippen LogP contribution in [0.4, 0.5) is 5.69 Å². The summed E-state index contributed by atoms with van der Waals surface area (Å²) in [7, 11) is 0. The SMILES string of the molecule is Cc1ccc(NC(=O)CNC(=O)CNC(=O)c2cccs2)c(C)c1. The van der Waals surface area contributed by atoms with Crippen LogP contribution in [0.15, 0.2) is 35.7 Å². The molecule has 0 aliphatic carbocycles.